The highest BCUT2D eigenvalue weighted by molar-refractivity contribution is 5.90. The van der Waals surface area contributed by atoms with Gasteiger partial charge < -0.3 is 24.6 Å². The molecule has 1 saturated heterocycles. The van der Waals surface area contributed by atoms with Crippen molar-refractivity contribution in [1.82, 2.24) is 4.90 Å². The summed E-state index contributed by atoms with van der Waals surface area (Å²) in [7, 11) is 3.14. The number of nitriles is 1. The molecular formula is C20H22N4O3. The lowest BCUT2D eigenvalue weighted by molar-refractivity contribution is 0.208. The van der Waals surface area contributed by atoms with Crippen LogP contribution in [0, 0.1) is 11.3 Å². The molecule has 140 valence electrons. The molecule has 1 heterocycles. The summed E-state index contributed by atoms with van der Waals surface area (Å²) in [5.41, 5.74) is 2.19. The van der Waals surface area contributed by atoms with E-state index >= 15 is 0 Å². The van der Waals surface area contributed by atoms with Crippen LogP contribution in [0.3, 0.4) is 0 Å². The highest BCUT2D eigenvalue weighted by Crippen LogP contribution is 2.26. The smallest absolute Gasteiger partial charge is 0.321 e. The van der Waals surface area contributed by atoms with E-state index in [1.807, 2.05) is 24.3 Å². The molecule has 27 heavy (non-hydrogen) atoms. The molecule has 3 rings (SSSR count). The number of nitrogens with one attached hydrogen (secondary N) is 1. The molecule has 2 aromatic rings. The van der Waals surface area contributed by atoms with Crippen molar-refractivity contribution in [2.24, 2.45) is 0 Å². The average molecular weight is 366 g/mol. The minimum absolute atomic E-state index is 0.168. The SMILES string of the molecule is COc1cc(NC(=O)N2CCN(c3ccccc3C#N)CC2)cc(OC)c1. The first-order valence-electron chi connectivity index (χ1n) is 8.67. The van der Waals surface area contributed by atoms with Gasteiger partial charge in [-0.2, -0.15) is 5.26 Å². The second-order valence-corrected chi connectivity index (χ2v) is 6.13. The van der Waals surface area contributed by atoms with Gasteiger partial charge in [0, 0.05) is 50.1 Å². The van der Waals surface area contributed by atoms with Gasteiger partial charge in [0.2, 0.25) is 0 Å². The second kappa shape index (κ2) is 8.32. The molecule has 0 radical (unpaired) electrons. The van der Waals surface area contributed by atoms with Crippen molar-refractivity contribution in [3.8, 4) is 17.6 Å². The minimum atomic E-state index is -0.168. The van der Waals surface area contributed by atoms with Gasteiger partial charge in [-0.25, -0.2) is 4.79 Å². The molecule has 0 spiro atoms. The Bertz CT molecular complexity index is 832. The molecule has 1 N–H and O–H groups in total. The summed E-state index contributed by atoms with van der Waals surface area (Å²) in [6.45, 7) is 2.50. The third-order valence-corrected chi connectivity index (χ3v) is 4.53. The van der Waals surface area contributed by atoms with Gasteiger partial charge in [-0.3, -0.25) is 0 Å². The Morgan fingerprint density at radius 1 is 1.04 bits per heavy atom. The van der Waals surface area contributed by atoms with Crippen molar-refractivity contribution in [3.63, 3.8) is 0 Å². The molecule has 2 aromatic carbocycles. The first-order chi connectivity index (χ1) is 13.1. The molecule has 1 aliphatic rings. The number of para-hydroxylation sites is 1. The number of carbonyl (C=O) groups is 1. The van der Waals surface area contributed by atoms with Crippen LogP contribution >= 0.6 is 0 Å². The molecule has 0 aromatic heterocycles. The maximum absolute atomic E-state index is 12.6. The van der Waals surface area contributed by atoms with Crippen molar-refractivity contribution < 1.29 is 14.3 Å². The Labute approximate surface area is 158 Å². The maximum atomic E-state index is 12.6. The minimum Gasteiger partial charge on any atom is -0.497 e. The van der Waals surface area contributed by atoms with Gasteiger partial charge in [-0.15, -0.1) is 0 Å². The summed E-state index contributed by atoms with van der Waals surface area (Å²) in [4.78, 5) is 16.5. The monoisotopic (exact) mass is 366 g/mol. The van der Waals surface area contributed by atoms with E-state index in [9.17, 15) is 10.1 Å². The lowest BCUT2D eigenvalue weighted by Gasteiger charge is -2.36. The topological polar surface area (TPSA) is 77.8 Å². The third-order valence-electron chi connectivity index (χ3n) is 4.53. The number of nitrogens with zero attached hydrogens (tertiary/aromatic N) is 3. The number of anilines is 2. The number of piperazine rings is 1. The van der Waals surface area contributed by atoms with Gasteiger partial charge in [0.15, 0.2) is 0 Å². The van der Waals surface area contributed by atoms with Crippen LogP contribution in [-0.4, -0.2) is 51.3 Å². The average Bonchev–Trinajstić information content (AvgIpc) is 2.73. The lowest BCUT2D eigenvalue weighted by Crippen LogP contribution is -2.50. The number of urea groups is 1. The molecule has 0 unspecified atom stereocenters. The Morgan fingerprint density at radius 2 is 1.67 bits per heavy atom. The van der Waals surface area contributed by atoms with Gasteiger partial charge in [0.05, 0.1) is 25.5 Å². The van der Waals surface area contributed by atoms with Crippen LogP contribution in [0.1, 0.15) is 5.56 Å². The van der Waals surface area contributed by atoms with E-state index in [1.165, 1.54) is 0 Å². The van der Waals surface area contributed by atoms with Crippen molar-refractivity contribution in [2.45, 2.75) is 0 Å². The normalized spacial score (nSPS) is 13.7. The van der Waals surface area contributed by atoms with Crippen LogP contribution < -0.4 is 19.7 Å². The number of hydrogen-bond donors (Lipinski definition) is 1. The van der Waals surface area contributed by atoms with E-state index in [0.717, 1.165) is 5.69 Å². The van der Waals surface area contributed by atoms with Gasteiger partial charge >= 0.3 is 6.03 Å². The van der Waals surface area contributed by atoms with Crippen molar-refractivity contribution in [1.29, 1.82) is 5.26 Å². The standard InChI is InChI=1S/C20H22N4O3/c1-26-17-11-16(12-18(13-17)27-2)22-20(25)24-9-7-23(8-10-24)19-6-4-3-5-15(19)14-21/h3-6,11-13H,7-10H2,1-2H3,(H,22,25). The number of rotatable bonds is 4. The summed E-state index contributed by atoms with van der Waals surface area (Å²) < 4.78 is 10.5. The van der Waals surface area contributed by atoms with E-state index in [0.29, 0.717) is 48.9 Å². The van der Waals surface area contributed by atoms with Gasteiger partial charge in [-0.05, 0) is 12.1 Å². The Hall–Kier alpha value is -3.40. The molecule has 0 saturated carbocycles. The van der Waals surface area contributed by atoms with Crippen LogP contribution in [0.4, 0.5) is 16.2 Å². The fourth-order valence-electron chi connectivity index (χ4n) is 3.08. The van der Waals surface area contributed by atoms with E-state index < -0.39 is 0 Å². The number of amides is 2. The van der Waals surface area contributed by atoms with Gasteiger partial charge in [0.1, 0.15) is 17.6 Å². The summed E-state index contributed by atoms with van der Waals surface area (Å²) in [6, 6.07) is 14.8. The van der Waals surface area contributed by atoms with E-state index in [-0.39, 0.29) is 6.03 Å². The zero-order valence-corrected chi connectivity index (χ0v) is 15.4. The van der Waals surface area contributed by atoms with Crippen LogP contribution in [0.2, 0.25) is 0 Å². The summed E-state index contributed by atoms with van der Waals surface area (Å²) in [5, 5.41) is 12.2. The van der Waals surface area contributed by atoms with Gasteiger partial charge in [-0.1, -0.05) is 12.1 Å². The zero-order chi connectivity index (χ0) is 19.2. The van der Waals surface area contributed by atoms with Crippen molar-refractivity contribution >= 4 is 17.4 Å². The maximum Gasteiger partial charge on any atom is 0.321 e. The first-order valence-corrected chi connectivity index (χ1v) is 8.67. The summed E-state index contributed by atoms with van der Waals surface area (Å²) in [5.74, 6) is 1.23. The van der Waals surface area contributed by atoms with Crippen LogP contribution in [0.15, 0.2) is 42.5 Å². The Morgan fingerprint density at radius 3 is 2.26 bits per heavy atom. The summed E-state index contributed by atoms with van der Waals surface area (Å²) in [6.07, 6.45) is 0. The summed E-state index contributed by atoms with van der Waals surface area (Å²) >= 11 is 0. The van der Waals surface area contributed by atoms with E-state index in [2.05, 4.69) is 16.3 Å². The lowest BCUT2D eigenvalue weighted by atomic mass is 10.1. The van der Waals surface area contributed by atoms with Crippen molar-refractivity contribution in [3.05, 3.63) is 48.0 Å². The molecule has 7 heteroatoms. The molecule has 0 bridgehead atoms. The number of carbonyl (C=O) groups excluding carboxylic acids is 1. The number of benzene rings is 2. The molecule has 1 aliphatic heterocycles. The third kappa shape index (κ3) is 4.23. The first kappa shape index (κ1) is 18.4. The van der Waals surface area contributed by atoms with Crippen molar-refractivity contribution in [2.75, 3.05) is 50.6 Å². The second-order valence-electron chi connectivity index (χ2n) is 6.13. The van der Waals surface area contributed by atoms with E-state index in [1.54, 1.807) is 37.3 Å². The number of ether oxygens (including phenoxy) is 2. The predicted molar refractivity (Wildman–Crippen MR) is 104 cm³/mol. The molecule has 0 aliphatic carbocycles. The molecule has 7 nitrogen and oxygen atoms in total. The molecule has 2 amide bonds. The fourth-order valence-corrected chi connectivity index (χ4v) is 3.08. The Kier molecular flexibility index (Phi) is 5.67. The number of methoxy groups -OCH3 is 2. The highest BCUT2D eigenvalue weighted by atomic mass is 16.5. The van der Waals surface area contributed by atoms with Gasteiger partial charge in [0.25, 0.3) is 0 Å². The van der Waals surface area contributed by atoms with Crippen LogP contribution in [0.25, 0.3) is 0 Å². The molecule has 0 atom stereocenters. The highest BCUT2D eigenvalue weighted by Gasteiger charge is 2.22. The molecular weight excluding hydrogens is 344 g/mol. The predicted octanol–water partition coefficient (Wildman–Crippen LogP) is 2.93. The Balaban J connectivity index is 1.63. The number of hydrogen-bond acceptors (Lipinski definition) is 5. The van der Waals surface area contributed by atoms with Crippen LogP contribution in [0.5, 0.6) is 11.5 Å². The quantitative estimate of drug-likeness (QED) is 0.900. The zero-order valence-electron chi connectivity index (χ0n) is 15.4. The van der Waals surface area contributed by atoms with Crippen LogP contribution in [-0.2, 0) is 0 Å². The molecule has 1 fully saturated rings. The van der Waals surface area contributed by atoms with E-state index in [4.69, 9.17) is 9.47 Å². The fraction of sp³-hybridized carbons (Fsp3) is 0.300. The largest absolute Gasteiger partial charge is 0.497 e.